The zero-order valence-electron chi connectivity index (χ0n) is 8.35. The summed E-state index contributed by atoms with van der Waals surface area (Å²) in [6.45, 7) is 0.553. The molecule has 0 aliphatic carbocycles. The van der Waals surface area contributed by atoms with Crippen LogP contribution in [0.2, 0.25) is 0 Å². The van der Waals surface area contributed by atoms with Crippen LogP contribution in [0.1, 0.15) is 5.69 Å². The number of nitrogens with two attached hydrogens (primary N) is 1. The number of hydrogen-bond acceptors (Lipinski definition) is 6. The second-order valence-electron chi connectivity index (χ2n) is 3.08. The quantitative estimate of drug-likeness (QED) is 0.841. The maximum absolute atomic E-state index is 13.2. The van der Waals surface area contributed by atoms with Crippen LogP contribution in [-0.4, -0.2) is 21.5 Å². The van der Waals surface area contributed by atoms with Gasteiger partial charge in [0.2, 0.25) is 5.95 Å². The molecular formula is C9H10FN5S. The van der Waals surface area contributed by atoms with Gasteiger partial charge < -0.3 is 11.1 Å². The zero-order valence-corrected chi connectivity index (χ0v) is 9.17. The maximum Gasteiger partial charge on any atom is 0.222 e. The monoisotopic (exact) mass is 239 g/mol. The molecule has 0 saturated heterocycles. The molecular weight excluding hydrogens is 229 g/mol. The summed E-state index contributed by atoms with van der Waals surface area (Å²) in [5.41, 5.74) is 8.09. The predicted molar refractivity (Wildman–Crippen MR) is 60.7 cm³/mol. The molecule has 0 atom stereocenters. The summed E-state index contributed by atoms with van der Waals surface area (Å²) >= 11 is 1.53. The molecule has 0 radical (unpaired) electrons. The van der Waals surface area contributed by atoms with Crippen LogP contribution in [0, 0.1) is 5.82 Å². The van der Waals surface area contributed by atoms with Crippen molar-refractivity contribution in [1.29, 1.82) is 0 Å². The van der Waals surface area contributed by atoms with Crippen molar-refractivity contribution >= 4 is 23.1 Å². The van der Waals surface area contributed by atoms with Crippen molar-refractivity contribution in [2.45, 2.75) is 6.42 Å². The number of nitrogens with zero attached hydrogens (tertiary/aromatic N) is 3. The maximum atomic E-state index is 13.2. The first-order valence-electron chi connectivity index (χ1n) is 4.64. The average Bonchev–Trinajstić information content (AvgIpc) is 2.76. The second-order valence-corrected chi connectivity index (χ2v) is 3.80. The smallest absolute Gasteiger partial charge is 0.222 e. The van der Waals surface area contributed by atoms with E-state index >= 15 is 0 Å². The minimum absolute atomic E-state index is 0.0533. The van der Waals surface area contributed by atoms with Gasteiger partial charge in [-0.25, -0.2) is 14.4 Å². The highest BCUT2D eigenvalue weighted by Gasteiger charge is 2.04. The lowest BCUT2D eigenvalue weighted by atomic mass is 10.3. The summed E-state index contributed by atoms with van der Waals surface area (Å²) < 4.78 is 13.2. The van der Waals surface area contributed by atoms with Crippen LogP contribution in [0.4, 0.5) is 16.2 Å². The third-order valence-corrected chi connectivity index (χ3v) is 2.56. The van der Waals surface area contributed by atoms with Gasteiger partial charge in [0.1, 0.15) is 0 Å². The third kappa shape index (κ3) is 2.63. The second kappa shape index (κ2) is 4.84. The van der Waals surface area contributed by atoms with Gasteiger partial charge in [-0.1, -0.05) is 0 Å². The topological polar surface area (TPSA) is 76.7 Å². The number of anilines is 2. The van der Waals surface area contributed by atoms with Gasteiger partial charge in [0, 0.05) is 18.3 Å². The number of aromatic nitrogens is 3. The van der Waals surface area contributed by atoms with Gasteiger partial charge in [0.25, 0.3) is 0 Å². The third-order valence-electron chi connectivity index (χ3n) is 1.92. The Kier molecular flexibility index (Phi) is 3.25. The molecule has 0 spiro atoms. The summed E-state index contributed by atoms with van der Waals surface area (Å²) in [5, 5.41) is 4.80. The van der Waals surface area contributed by atoms with Crippen LogP contribution >= 0.6 is 11.3 Å². The molecule has 5 nitrogen and oxygen atoms in total. The molecule has 2 rings (SSSR count). The Hall–Kier alpha value is -1.76. The molecule has 7 heteroatoms. The predicted octanol–water partition coefficient (Wildman–Crippen LogP) is 1.31. The molecule has 16 heavy (non-hydrogen) atoms. The number of rotatable bonds is 4. The standard InChI is InChI=1S/C9H10FN5S/c10-7-3-13-9(11)15-8(7)12-2-1-6-4-16-5-14-6/h3-5H,1-2H2,(H3,11,12,13,15). The molecule has 0 fully saturated rings. The van der Waals surface area contributed by atoms with Crippen molar-refractivity contribution in [2.24, 2.45) is 0 Å². The Morgan fingerprint density at radius 1 is 1.44 bits per heavy atom. The fourth-order valence-corrected chi connectivity index (χ4v) is 1.77. The highest BCUT2D eigenvalue weighted by Crippen LogP contribution is 2.10. The van der Waals surface area contributed by atoms with Crippen LogP contribution in [0.3, 0.4) is 0 Å². The molecule has 2 heterocycles. The minimum Gasteiger partial charge on any atom is -0.368 e. The Balaban J connectivity index is 1.92. The molecule has 0 saturated carbocycles. The normalized spacial score (nSPS) is 10.3. The fourth-order valence-electron chi connectivity index (χ4n) is 1.17. The highest BCUT2D eigenvalue weighted by molar-refractivity contribution is 7.07. The summed E-state index contributed by atoms with van der Waals surface area (Å²) in [6.07, 6.45) is 1.76. The summed E-state index contributed by atoms with van der Waals surface area (Å²) in [4.78, 5) is 11.4. The van der Waals surface area contributed by atoms with E-state index in [0.717, 1.165) is 11.9 Å². The Labute approximate surface area is 95.6 Å². The molecule has 84 valence electrons. The zero-order chi connectivity index (χ0) is 11.4. The molecule has 0 unspecified atom stereocenters. The van der Waals surface area contributed by atoms with Gasteiger partial charge >= 0.3 is 0 Å². The molecule has 3 N–H and O–H groups in total. The van der Waals surface area contributed by atoms with E-state index in [0.29, 0.717) is 13.0 Å². The first-order chi connectivity index (χ1) is 7.75. The van der Waals surface area contributed by atoms with E-state index in [9.17, 15) is 4.39 Å². The van der Waals surface area contributed by atoms with Gasteiger partial charge in [0.15, 0.2) is 11.6 Å². The van der Waals surface area contributed by atoms with Crippen molar-refractivity contribution in [3.05, 3.63) is 28.6 Å². The Morgan fingerprint density at radius 2 is 2.31 bits per heavy atom. The average molecular weight is 239 g/mol. The Morgan fingerprint density at radius 3 is 3.06 bits per heavy atom. The number of hydrogen-bond donors (Lipinski definition) is 2. The molecule has 0 aliphatic rings. The fraction of sp³-hybridized carbons (Fsp3) is 0.222. The molecule has 0 aliphatic heterocycles. The summed E-state index contributed by atoms with van der Waals surface area (Å²) in [6, 6.07) is 0. The van der Waals surface area contributed by atoms with E-state index in [1.165, 1.54) is 11.3 Å². The number of halogens is 1. The van der Waals surface area contributed by atoms with Crippen LogP contribution in [0.15, 0.2) is 17.1 Å². The van der Waals surface area contributed by atoms with Crippen LogP contribution < -0.4 is 11.1 Å². The van der Waals surface area contributed by atoms with E-state index in [4.69, 9.17) is 5.73 Å². The van der Waals surface area contributed by atoms with Crippen molar-refractivity contribution in [3.63, 3.8) is 0 Å². The van der Waals surface area contributed by atoms with Gasteiger partial charge in [-0.05, 0) is 0 Å². The highest BCUT2D eigenvalue weighted by atomic mass is 32.1. The lowest BCUT2D eigenvalue weighted by Gasteiger charge is -2.05. The molecule has 0 amide bonds. The van der Waals surface area contributed by atoms with Crippen molar-refractivity contribution in [1.82, 2.24) is 15.0 Å². The minimum atomic E-state index is -0.507. The van der Waals surface area contributed by atoms with Gasteiger partial charge in [-0.3, -0.25) is 0 Å². The molecule has 2 aromatic rings. The van der Waals surface area contributed by atoms with Gasteiger partial charge in [-0.15, -0.1) is 11.3 Å². The van der Waals surface area contributed by atoms with E-state index in [2.05, 4.69) is 20.3 Å². The number of thiazole rings is 1. The molecule has 2 aromatic heterocycles. The summed E-state index contributed by atoms with van der Waals surface area (Å²) in [7, 11) is 0. The van der Waals surface area contributed by atoms with E-state index in [1.807, 2.05) is 5.38 Å². The summed E-state index contributed by atoms with van der Waals surface area (Å²) in [5.74, 6) is -0.326. The molecule has 0 aromatic carbocycles. The lowest BCUT2D eigenvalue weighted by molar-refractivity contribution is 0.617. The van der Waals surface area contributed by atoms with Crippen LogP contribution in [-0.2, 0) is 6.42 Å². The lowest BCUT2D eigenvalue weighted by Crippen LogP contribution is -2.10. The van der Waals surface area contributed by atoms with Gasteiger partial charge in [-0.2, -0.15) is 4.98 Å². The number of nitrogens with one attached hydrogen (secondary N) is 1. The van der Waals surface area contributed by atoms with Crippen molar-refractivity contribution in [2.75, 3.05) is 17.6 Å². The Bertz CT molecular complexity index is 459. The largest absolute Gasteiger partial charge is 0.368 e. The molecule has 0 bridgehead atoms. The van der Waals surface area contributed by atoms with Crippen LogP contribution in [0.25, 0.3) is 0 Å². The van der Waals surface area contributed by atoms with Gasteiger partial charge in [0.05, 0.1) is 17.4 Å². The van der Waals surface area contributed by atoms with Crippen molar-refractivity contribution in [3.8, 4) is 0 Å². The van der Waals surface area contributed by atoms with E-state index < -0.39 is 5.82 Å². The van der Waals surface area contributed by atoms with Crippen molar-refractivity contribution < 1.29 is 4.39 Å². The SMILES string of the molecule is Nc1ncc(F)c(NCCc2cscn2)n1. The van der Waals surface area contributed by atoms with E-state index in [-0.39, 0.29) is 11.8 Å². The van der Waals surface area contributed by atoms with Crippen LogP contribution in [0.5, 0.6) is 0 Å². The van der Waals surface area contributed by atoms with E-state index in [1.54, 1.807) is 5.51 Å². The number of nitrogen functional groups attached to an aromatic ring is 1. The first-order valence-corrected chi connectivity index (χ1v) is 5.59. The first kappa shape index (κ1) is 10.7.